The average molecular weight is 571 g/mol. The van der Waals surface area contributed by atoms with Crippen LogP contribution >= 0.6 is 15.9 Å². The van der Waals surface area contributed by atoms with Crippen molar-refractivity contribution >= 4 is 39.6 Å². The molecule has 0 aromatic heterocycles. The van der Waals surface area contributed by atoms with Gasteiger partial charge in [0.25, 0.3) is 23.6 Å². The van der Waals surface area contributed by atoms with Gasteiger partial charge in [-0.2, -0.15) is 0 Å². The maximum absolute atomic E-state index is 12.1. The Morgan fingerprint density at radius 1 is 0.622 bits per heavy atom. The van der Waals surface area contributed by atoms with Gasteiger partial charge >= 0.3 is 0 Å². The first-order chi connectivity index (χ1) is 17.9. The fraction of sp³-hybridized carbons (Fsp3) is 0.429. The molecule has 0 bridgehead atoms. The predicted molar refractivity (Wildman–Crippen MR) is 139 cm³/mol. The molecule has 4 aliphatic rings. The molecule has 2 aromatic rings. The molecule has 2 aliphatic heterocycles. The summed E-state index contributed by atoms with van der Waals surface area (Å²) in [5.74, 6) is -1.98. The second-order valence-electron chi connectivity index (χ2n) is 9.52. The van der Waals surface area contributed by atoms with Crippen molar-refractivity contribution in [3.05, 3.63) is 70.8 Å². The second-order valence-corrected chi connectivity index (χ2v) is 10.8. The summed E-state index contributed by atoms with van der Waals surface area (Å²) in [7, 11) is 0. The van der Waals surface area contributed by atoms with E-state index < -0.39 is 11.8 Å². The number of benzene rings is 2. The van der Waals surface area contributed by atoms with E-state index in [1.54, 1.807) is 36.4 Å². The SMILES string of the molecule is BrC1CCCCC1.O=C1c2ccccc2C(=O)N1O.O=C1c2ccccc2C(=O)N1OC1CCCCC1. The molecular weight excluding hydrogens is 540 g/mol. The Morgan fingerprint density at radius 2 is 1.00 bits per heavy atom. The highest BCUT2D eigenvalue weighted by Gasteiger charge is 2.38. The standard InChI is InChI=1S/C14H15NO3.C8H5NO3.C6H11Br/c16-13-11-8-4-5-9-12(11)14(17)15(13)18-10-6-2-1-3-7-10;10-7-5-3-1-2-4-6(5)8(11)9(7)12;7-6-4-2-1-3-5-6/h4-5,8-10H,1-3,6-7H2;1-4,12H;6H,1-5H2. The zero-order valence-electron chi connectivity index (χ0n) is 20.6. The first-order valence-electron chi connectivity index (χ1n) is 12.8. The van der Waals surface area contributed by atoms with Crippen molar-refractivity contribution in [3.63, 3.8) is 0 Å². The lowest BCUT2D eigenvalue weighted by molar-refractivity contribution is -0.140. The summed E-state index contributed by atoms with van der Waals surface area (Å²) < 4.78 is 0. The van der Waals surface area contributed by atoms with E-state index in [4.69, 9.17) is 10.0 Å². The van der Waals surface area contributed by atoms with Crippen LogP contribution in [0.3, 0.4) is 0 Å². The zero-order chi connectivity index (χ0) is 26.4. The number of alkyl halides is 1. The normalized spacial score (nSPS) is 19.6. The largest absolute Gasteiger partial charge is 0.285 e. The van der Waals surface area contributed by atoms with E-state index in [0.29, 0.717) is 11.1 Å². The third kappa shape index (κ3) is 6.34. The summed E-state index contributed by atoms with van der Waals surface area (Å²) in [5.41, 5.74) is 1.40. The van der Waals surface area contributed by atoms with Gasteiger partial charge in [-0.3, -0.25) is 29.2 Å². The summed E-state index contributed by atoms with van der Waals surface area (Å²) in [6, 6.07) is 13.1. The quantitative estimate of drug-likeness (QED) is 0.272. The molecule has 196 valence electrons. The predicted octanol–water partition coefficient (Wildman–Crippen LogP) is 5.93. The van der Waals surface area contributed by atoms with Crippen LogP contribution in [-0.4, -0.2) is 49.9 Å². The molecule has 2 heterocycles. The molecule has 37 heavy (non-hydrogen) atoms. The molecule has 1 N–H and O–H groups in total. The van der Waals surface area contributed by atoms with E-state index >= 15 is 0 Å². The smallest absolute Gasteiger partial charge is 0.278 e. The number of fused-ring (bicyclic) bond motifs is 2. The second kappa shape index (κ2) is 12.6. The number of carbonyl (C=O) groups is 4. The number of rotatable bonds is 2. The molecule has 0 unspecified atom stereocenters. The third-order valence-electron chi connectivity index (χ3n) is 6.87. The number of hydroxylamine groups is 4. The van der Waals surface area contributed by atoms with E-state index in [0.717, 1.165) is 35.6 Å². The summed E-state index contributed by atoms with van der Waals surface area (Å²) in [6.07, 6.45) is 12.4. The average Bonchev–Trinajstić information content (AvgIpc) is 3.31. The lowest BCUT2D eigenvalue weighted by Gasteiger charge is -2.25. The highest BCUT2D eigenvalue weighted by Crippen LogP contribution is 2.27. The van der Waals surface area contributed by atoms with E-state index in [2.05, 4.69) is 15.9 Å². The molecule has 9 heteroatoms. The summed E-state index contributed by atoms with van der Waals surface area (Å²) in [6.45, 7) is 0. The molecule has 0 spiro atoms. The van der Waals surface area contributed by atoms with Crippen molar-refractivity contribution in [1.82, 2.24) is 10.1 Å². The number of hydrogen-bond acceptors (Lipinski definition) is 6. The van der Waals surface area contributed by atoms with Gasteiger partial charge in [0.15, 0.2) is 0 Å². The third-order valence-corrected chi connectivity index (χ3v) is 7.79. The first kappa shape index (κ1) is 27.2. The van der Waals surface area contributed by atoms with Gasteiger partial charge in [-0.1, -0.05) is 78.7 Å². The number of amides is 4. The van der Waals surface area contributed by atoms with Crippen molar-refractivity contribution in [3.8, 4) is 0 Å². The minimum atomic E-state index is -0.657. The number of hydrogen-bond donors (Lipinski definition) is 1. The summed E-state index contributed by atoms with van der Waals surface area (Å²) in [5, 5.41) is 10.00. The van der Waals surface area contributed by atoms with Crippen LogP contribution in [0.4, 0.5) is 0 Å². The van der Waals surface area contributed by atoms with Crippen LogP contribution in [0, 0.1) is 0 Å². The molecular formula is C28H31BrN2O6. The molecule has 0 radical (unpaired) electrons. The van der Waals surface area contributed by atoms with Crippen molar-refractivity contribution in [1.29, 1.82) is 0 Å². The Bertz CT molecular complexity index is 1090. The minimum absolute atomic E-state index is 0.000891. The van der Waals surface area contributed by atoms with E-state index in [-0.39, 0.29) is 34.1 Å². The number of nitrogens with zero attached hydrogens (tertiary/aromatic N) is 2. The van der Waals surface area contributed by atoms with Crippen molar-refractivity contribution in [2.75, 3.05) is 0 Å². The fourth-order valence-electron chi connectivity index (χ4n) is 4.81. The van der Waals surface area contributed by atoms with Gasteiger partial charge in [0.1, 0.15) is 0 Å². The lowest BCUT2D eigenvalue weighted by Crippen LogP contribution is -2.35. The monoisotopic (exact) mass is 570 g/mol. The molecule has 6 rings (SSSR count). The topological polar surface area (TPSA) is 104 Å². The summed E-state index contributed by atoms with van der Waals surface area (Å²) in [4.78, 5) is 52.7. The van der Waals surface area contributed by atoms with Crippen LogP contribution in [0.25, 0.3) is 0 Å². The number of imide groups is 2. The van der Waals surface area contributed by atoms with Crippen LogP contribution in [0.15, 0.2) is 48.5 Å². The highest BCUT2D eigenvalue weighted by atomic mass is 79.9. The maximum atomic E-state index is 12.1. The van der Waals surface area contributed by atoms with Crippen LogP contribution in [-0.2, 0) is 4.84 Å². The molecule has 8 nitrogen and oxygen atoms in total. The van der Waals surface area contributed by atoms with Gasteiger partial charge in [0, 0.05) is 4.83 Å². The molecule has 2 aliphatic carbocycles. The molecule has 0 saturated heterocycles. The molecule has 0 atom stereocenters. The van der Waals surface area contributed by atoms with Crippen molar-refractivity contribution < 1.29 is 29.2 Å². The van der Waals surface area contributed by atoms with E-state index in [1.165, 1.54) is 50.7 Å². The van der Waals surface area contributed by atoms with Gasteiger partial charge in [-0.15, -0.1) is 10.1 Å². The van der Waals surface area contributed by atoms with Crippen LogP contribution in [0.1, 0.15) is 106 Å². The number of halogens is 1. The van der Waals surface area contributed by atoms with Crippen LogP contribution in [0.5, 0.6) is 0 Å². The summed E-state index contributed by atoms with van der Waals surface area (Å²) >= 11 is 3.59. The Labute approximate surface area is 224 Å². The fourth-order valence-corrected chi connectivity index (χ4v) is 5.46. The molecule has 2 saturated carbocycles. The molecule has 2 fully saturated rings. The molecule has 2 aromatic carbocycles. The van der Waals surface area contributed by atoms with Gasteiger partial charge < -0.3 is 0 Å². The van der Waals surface area contributed by atoms with Gasteiger partial charge in [0.2, 0.25) is 0 Å². The van der Waals surface area contributed by atoms with Crippen molar-refractivity contribution in [2.45, 2.75) is 75.1 Å². The minimum Gasteiger partial charge on any atom is -0.278 e. The van der Waals surface area contributed by atoms with E-state index in [9.17, 15) is 19.2 Å². The van der Waals surface area contributed by atoms with Gasteiger partial charge in [-0.05, 0) is 49.9 Å². The van der Waals surface area contributed by atoms with Crippen molar-refractivity contribution in [2.24, 2.45) is 0 Å². The Morgan fingerprint density at radius 3 is 1.38 bits per heavy atom. The Hall–Kier alpha value is -2.88. The van der Waals surface area contributed by atoms with Crippen LogP contribution in [0.2, 0.25) is 0 Å². The maximum Gasteiger partial charge on any atom is 0.285 e. The van der Waals surface area contributed by atoms with Crippen LogP contribution < -0.4 is 0 Å². The van der Waals surface area contributed by atoms with Gasteiger partial charge in [0.05, 0.1) is 28.4 Å². The lowest BCUT2D eigenvalue weighted by atomic mass is 9.98. The zero-order valence-corrected chi connectivity index (χ0v) is 22.2. The number of carbonyl (C=O) groups excluding carboxylic acids is 4. The highest BCUT2D eigenvalue weighted by molar-refractivity contribution is 9.09. The Kier molecular flexibility index (Phi) is 9.23. The first-order valence-corrected chi connectivity index (χ1v) is 13.8. The van der Waals surface area contributed by atoms with E-state index in [1.807, 2.05) is 0 Å². The van der Waals surface area contributed by atoms with Gasteiger partial charge in [-0.25, -0.2) is 0 Å². The molecule has 4 amide bonds. The Balaban J connectivity index is 0.000000144.